The molecular weight excluding hydrogens is 320 g/mol. The number of nitrogens with zero attached hydrogens (tertiary/aromatic N) is 2. The Morgan fingerprint density at radius 1 is 1.45 bits per heavy atom. The number of benzene rings is 1. The molecule has 1 aromatic heterocycles. The normalized spacial score (nSPS) is 12.4. The summed E-state index contributed by atoms with van der Waals surface area (Å²) in [5.74, 6) is 0.745. The molecule has 0 fully saturated rings. The number of aromatic nitrogens is 2. The van der Waals surface area contributed by atoms with Gasteiger partial charge in [-0.15, -0.1) is 0 Å². The molecule has 0 bridgehead atoms. The summed E-state index contributed by atoms with van der Waals surface area (Å²) in [5, 5.41) is 14.0. The molecule has 0 saturated heterocycles. The van der Waals surface area contributed by atoms with Crippen molar-refractivity contribution in [2.75, 3.05) is 0 Å². The highest BCUT2D eigenvalue weighted by atomic mass is 79.9. The van der Waals surface area contributed by atoms with Gasteiger partial charge in [-0.2, -0.15) is 5.10 Å². The number of aryl methyl sites for hydroxylation is 2. The van der Waals surface area contributed by atoms with Gasteiger partial charge in [-0.3, -0.25) is 4.68 Å². The van der Waals surface area contributed by atoms with E-state index in [0.29, 0.717) is 6.61 Å². The fourth-order valence-corrected chi connectivity index (χ4v) is 2.72. The summed E-state index contributed by atoms with van der Waals surface area (Å²) < 4.78 is 8.64. The van der Waals surface area contributed by atoms with Gasteiger partial charge in [0.15, 0.2) is 0 Å². The number of halogens is 1. The molecule has 0 aliphatic rings. The molecule has 0 aliphatic carbocycles. The van der Waals surface area contributed by atoms with Crippen LogP contribution in [0, 0.1) is 0 Å². The number of rotatable bonds is 5. The maximum absolute atomic E-state index is 9.58. The first-order valence-corrected chi connectivity index (χ1v) is 7.43. The standard InChI is InChI=1S/C15H19BrN2O2/c1-4-13-15(16)14(18(3)17-13)9-20-12-7-5-6-11(8-12)10(2)19/h5-8,10,19H,4,9H2,1-3H3. The summed E-state index contributed by atoms with van der Waals surface area (Å²) in [5.41, 5.74) is 2.88. The number of hydrogen-bond acceptors (Lipinski definition) is 3. The van der Waals surface area contributed by atoms with Gasteiger partial charge in [0.1, 0.15) is 12.4 Å². The second-order valence-electron chi connectivity index (χ2n) is 4.72. The Morgan fingerprint density at radius 2 is 2.20 bits per heavy atom. The van der Waals surface area contributed by atoms with Crippen LogP contribution < -0.4 is 4.74 Å². The quantitative estimate of drug-likeness (QED) is 0.908. The third kappa shape index (κ3) is 3.22. The van der Waals surface area contributed by atoms with E-state index in [1.54, 1.807) is 6.92 Å². The molecule has 0 aliphatic heterocycles. The summed E-state index contributed by atoms with van der Waals surface area (Å²) in [4.78, 5) is 0. The van der Waals surface area contributed by atoms with Gasteiger partial charge in [0.2, 0.25) is 0 Å². The van der Waals surface area contributed by atoms with Crippen LogP contribution in [-0.4, -0.2) is 14.9 Å². The van der Waals surface area contributed by atoms with Crippen molar-refractivity contribution in [3.05, 3.63) is 45.7 Å². The van der Waals surface area contributed by atoms with E-state index in [0.717, 1.165) is 33.6 Å². The lowest BCUT2D eigenvalue weighted by Gasteiger charge is -2.10. The summed E-state index contributed by atoms with van der Waals surface area (Å²) in [6.07, 6.45) is 0.389. The second kappa shape index (κ2) is 6.41. The maximum Gasteiger partial charge on any atom is 0.131 e. The van der Waals surface area contributed by atoms with Crippen LogP contribution in [0.3, 0.4) is 0 Å². The molecule has 108 valence electrons. The van der Waals surface area contributed by atoms with Gasteiger partial charge in [0.25, 0.3) is 0 Å². The predicted molar refractivity (Wildman–Crippen MR) is 81.7 cm³/mol. The molecule has 0 amide bonds. The van der Waals surface area contributed by atoms with Crippen LogP contribution in [-0.2, 0) is 20.1 Å². The summed E-state index contributed by atoms with van der Waals surface area (Å²) in [6, 6.07) is 7.51. The lowest BCUT2D eigenvalue weighted by Crippen LogP contribution is -2.04. The Hall–Kier alpha value is -1.33. The fourth-order valence-electron chi connectivity index (χ4n) is 1.99. The average Bonchev–Trinajstić information content (AvgIpc) is 2.71. The Kier molecular flexibility index (Phi) is 4.83. The van der Waals surface area contributed by atoms with E-state index >= 15 is 0 Å². The van der Waals surface area contributed by atoms with Crippen molar-refractivity contribution in [2.45, 2.75) is 33.0 Å². The third-order valence-corrected chi connectivity index (χ3v) is 4.13. The van der Waals surface area contributed by atoms with E-state index in [1.165, 1.54) is 0 Å². The predicted octanol–water partition coefficient (Wildman–Crippen LogP) is 3.38. The summed E-state index contributed by atoms with van der Waals surface area (Å²) >= 11 is 3.57. The fraction of sp³-hybridized carbons (Fsp3) is 0.400. The topological polar surface area (TPSA) is 47.3 Å². The lowest BCUT2D eigenvalue weighted by atomic mass is 10.1. The van der Waals surface area contributed by atoms with Crippen molar-refractivity contribution in [2.24, 2.45) is 7.05 Å². The molecule has 20 heavy (non-hydrogen) atoms. The third-order valence-electron chi connectivity index (χ3n) is 3.22. The minimum absolute atomic E-state index is 0.438. The number of ether oxygens (including phenoxy) is 1. The van der Waals surface area contributed by atoms with Crippen molar-refractivity contribution in [1.29, 1.82) is 0 Å². The van der Waals surface area contributed by atoms with Crippen LogP contribution in [0.15, 0.2) is 28.7 Å². The Balaban J connectivity index is 2.13. The van der Waals surface area contributed by atoms with E-state index in [9.17, 15) is 5.11 Å². The number of aliphatic hydroxyl groups is 1. The zero-order valence-corrected chi connectivity index (χ0v) is 13.5. The van der Waals surface area contributed by atoms with Crippen LogP contribution in [0.5, 0.6) is 5.75 Å². The van der Waals surface area contributed by atoms with Crippen molar-refractivity contribution < 1.29 is 9.84 Å². The van der Waals surface area contributed by atoms with E-state index in [1.807, 2.05) is 36.0 Å². The SMILES string of the molecule is CCc1nn(C)c(COc2cccc(C(C)O)c2)c1Br. The molecule has 0 spiro atoms. The Bertz CT molecular complexity index is 594. The van der Waals surface area contributed by atoms with Crippen molar-refractivity contribution in [3.8, 4) is 5.75 Å². The van der Waals surface area contributed by atoms with E-state index in [2.05, 4.69) is 28.0 Å². The highest BCUT2D eigenvalue weighted by molar-refractivity contribution is 9.10. The van der Waals surface area contributed by atoms with Crippen molar-refractivity contribution in [1.82, 2.24) is 9.78 Å². The van der Waals surface area contributed by atoms with Crippen LogP contribution >= 0.6 is 15.9 Å². The maximum atomic E-state index is 9.58. The molecular formula is C15H19BrN2O2. The lowest BCUT2D eigenvalue weighted by molar-refractivity contribution is 0.198. The first-order chi connectivity index (χ1) is 9.52. The van der Waals surface area contributed by atoms with Gasteiger partial charge in [0.05, 0.1) is 22.0 Å². The minimum Gasteiger partial charge on any atom is -0.487 e. The molecule has 4 nitrogen and oxygen atoms in total. The zero-order valence-electron chi connectivity index (χ0n) is 11.9. The Labute approximate surface area is 127 Å². The first-order valence-electron chi connectivity index (χ1n) is 6.64. The van der Waals surface area contributed by atoms with Crippen LogP contribution in [0.2, 0.25) is 0 Å². The minimum atomic E-state index is -0.492. The van der Waals surface area contributed by atoms with Crippen molar-refractivity contribution in [3.63, 3.8) is 0 Å². The molecule has 1 atom stereocenters. The molecule has 1 N–H and O–H groups in total. The average molecular weight is 339 g/mol. The molecule has 2 rings (SSSR count). The largest absolute Gasteiger partial charge is 0.487 e. The summed E-state index contributed by atoms with van der Waals surface area (Å²) in [7, 11) is 1.91. The van der Waals surface area contributed by atoms with Crippen LogP contribution in [0.1, 0.15) is 36.9 Å². The van der Waals surface area contributed by atoms with Gasteiger partial charge in [-0.05, 0) is 47.0 Å². The van der Waals surface area contributed by atoms with Gasteiger partial charge in [-0.25, -0.2) is 0 Å². The monoisotopic (exact) mass is 338 g/mol. The van der Waals surface area contributed by atoms with Gasteiger partial charge >= 0.3 is 0 Å². The Morgan fingerprint density at radius 3 is 2.80 bits per heavy atom. The molecule has 5 heteroatoms. The number of hydrogen-bond donors (Lipinski definition) is 1. The van der Waals surface area contributed by atoms with Gasteiger partial charge in [-0.1, -0.05) is 19.1 Å². The molecule has 1 aromatic carbocycles. The van der Waals surface area contributed by atoms with Crippen LogP contribution in [0.4, 0.5) is 0 Å². The van der Waals surface area contributed by atoms with Crippen molar-refractivity contribution >= 4 is 15.9 Å². The molecule has 1 unspecified atom stereocenters. The smallest absolute Gasteiger partial charge is 0.131 e. The summed E-state index contributed by atoms with van der Waals surface area (Å²) in [6.45, 7) is 4.25. The highest BCUT2D eigenvalue weighted by Crippen LogP contribution is 2.24. The first kappa shape index (κ1) is 15.1. The molecule has 2 aromatic rings. The van der Waals surface area contributed by atoms with E-state index in [4.69, 9.17) is 4.74 Å². The van der Waals surface area contributed by atoms with Crippen LogP contribution in [0.25, 0.3) is 0 Å². The van der Waals surface area contributed by atoms with E-state index < -0.39 is 6.10 Å². The molecule has 0 saturated carbocycles. The van der Waals surface area contributed by atoms with Gasteiger partial charge < -0.3 is 9.84 Å². The number of aliphatic hydroxyl groups excluding tert-OH is 1. The zero-order chi connectivity index (χ0) is 14.7. The second-order valence-corrected chi connectivity index (χ2v) is 5.51. The highest BCUT2D eigenvalue weighted by Gasteiger charge is 2.13. The molecule has 1 heterocycles. The van der Waals surface area contributed by atoms with Gasteiger partial charge in [0, 0.05) is 7.05 Å². The van der Waals surface area contributed by atoms with E-state index in [-0.39, 0.29) is 0 Å². The molecule has 0 radical (unpaired) electrons.